The van der Waals surface area contributed by atoms with Crippen LogP contribution >= 0.6 is 0 Å². The molecule has 0 saturated carbocycles. The Labute approximate surface area is 110 Å². The number of nitrogens with zero attached hydrogens (tertiary/aromatic N) is 2. The quantitative estimate of drug-likeness (QED) is 0.800. The molecule has 1 atom stereocenters. The van der Waals surface area contributed by atoms with Gasteiger partial charge in [-0.2, -0.15) is 5.26 Å². The highest BCUT2D eigenvalue weighted by molar-refractivity contribution is 5.13. The van der Waals surface area contributed by atoms with Crippen LogP contribution in [0.4, 0.5) is 0 Å². The zero-order chi connectivity index (χ0) is 13.6. The maximum absolute atomic E-state index is 9.87. The van der Waals surface area contributed by atoms with Crippen molar-refractivity contribution in [2.24, 2.45) is 5.41 Å². The minimum Gasteiger partial charge on any atom is -0.388 e. The molecule has 1 N–H and O–H groups in total. The van der Waals surface area contributed by atoms with E-state index in [1.54, 1.807) is 0 Å². The molecule has 100 valence electrons. The Kier molecular flexibility index (Phi) is 5.43. The molecule has 1 aromatic rings. The Morgan fingerprint density at radius 3 is 2.83 bits per heavy atom. The summed E-state index contributed by atoms with van der Waals surface area (Å²) in [5.41, 5.74) is 0.758. The molecule has 0 bridgehead atoms. The minimum absolute atomic E-state index is 0.238. The first-order chi connectivity index (χ1) is 8.48. The van der Waals surface area contributed by atoms with Gasteiger partial charge in [-0.25, -0.2) is 0 Å². The van der Waals surface area contributed by atoms with E-state index in [-0.39, 0.29) is 11.5 Å². The van der Waals surface area contributed by atoms with Gasteiger partial charge in [-0.15, -0.1) is 0 Å². The van der Waals surface area contributed by atoms with Crippen LogP contribution < -0.4 is 0 Å². The molecule has 0 amide bonds. The van der Waals surface area contributed by atoms with Crippen LogP contribution in [-0.4, -0.2) is 9.67 Å². The summed E-state index contributed by atoms with van der Waals surface area (Å²) in [4.78, 5) is 0. The number of aryl methyl sites for hydroxylation is 1. The monoisotopic (exact) mass is 248 g/mol. The normalized spacial score (nSPS) is 13.3. The van der Waals surface area contributed by atoms with E-state index in [2.05, 4.69) is 17.6 Å². The van der Waals surface area contributed by atoms with E-state index >= 15 is 0 Å². The van der Waals surface area contributed by atoms with Gasteiger partial charge in [0.2, 0.25) is 0 Å². The summed E-state index contributed by atoms with van der Waals surface area (Å²) >= 11 is 0. The zero-order valence-electron chi connectivity index (χ0n) is 11.7. The van der Waals surface area contributed by atoms with Gasteiger partial charge in [0, 0.05) is 18.9 Å². The van der Waals surface area contributed by atoms with Crippen molar-refractivity contribution in [2.75, 3.05) is 0 Å². The van der Waals surface area contributed by atoms with Gasteiger partial charge in [0.05, 0.1) is 17.6 Å². The number of hydrogen-bond donors (Lipinski definition) is 1. The largest absolute Gasteiger partial charge is 0.388 e. The molecule has 3 heteroatoms. The molecule has 0 spiro atoms. The molecule has 0 radical (unpaired) electrons. The van der Waals surface area contributed by atoms with Gasteiger partial charge in [-0.05, 0) is 44.7 Å². The smallest absolute Gasteiger partial charge is 0.0804 e. The van der Waals surface area contributed by atoms with Crippen LogP contribution in [0.5, 0.6) is 0 Å². The maximum Gasteiger partial charge on any atom is 0.0804 e. The molecule has 3 nitrogen and oxygen atoms in total. The van der Waals surface area contributed by atoms with Gasteiger partial charge in [0.1, 0.15) is 0 Å². The molecule has 1 aromatic heterocycles. The van der Waals surface area contributed by atoms with Crippen molar-refractivity contribution in [3.05, 3.63) is 24.0 Å². The van der Waals surface area contributed by atoms with Crippen molar-refractivity contribution < 1.29 is 5.11 Å². The predicted molar refractivity (Wildman–Crippen MR) is 72.9 cm³/mol. The molecule has 0 aliphatic rings. The average Bonchev–Trinajstić information content (AvgIpc) is 2.78. The fraction of sp³-hybridized carbons (Fsp3) is 0.667. The summed E-state index contributed by atoms with van der Waals surface area (Å²) in [6, 6.07) is 4.30. The second kappa shape index (κ2) is 6.61. The lowest BCUT2D eigenvalue weighted by Crippen LogP contribution is -2.09. The van der Waals surface area contributed by atoms with Gasteiger partial charge >= 0.3 is 0 Å². The standard InChI is InChI=1S/C15H24N2O/c1-4-6-14(18)13-7-10-17(11-13)9-5-8-15(2,3)12-16/h7,10-11,14,18H,4-6,8-9H2,1-3H3. The van der Waals surface area contributed by atoms with Crippen LogP contribution in [0.3, 0.4) is 0 Å². The Balaban J connectivity index is 2.43. The molecule has 1 heterocycles. The van der Waals surface area contributed by atoms with Crippen molar-refractivity contribution >= 4 is 0 Å². The lowest BCUT2D eigenvalue weighted by atomic mass is 9.90. The summed E-state index contributed by atoms with van der Waals surface area (Å²) in [5, 5.41) is 18.8. The first-order valence-corrected chi connectivity index (χ1v) is 6.73. The average molecular weight is 248 g/mol. The highest BCUT2D eigenvalue weighted by atomic mass is 16.3. The predicted octanol–water partition coefficient (Wildman–Crippen LogP) is 3.65. The lowest BCUT2D eigenvalue weighted by Gasteiger charge is -2.14. The van der Waals surface area contributed by atoms with Gasteiger partial charge in [0.25, 0.3) is 0 Å². The number of aliphatic hydroxyl groups excluding tert-OH is 1. The maximum atomic E-state index is 9.87. The molecular weight excluding hydrogens is 224 g/mol. The van der Waals surface area contributed by atoms with Crippen molar-refractivity contribution in [1.29, 1.82) is 5.26 Å². The number of aromatic nitrogens is 1. The molecule has 0 aromatic carbocycles. The number of rotatable bonds is 7. The van der Waals surface area contributed by atoms with Crippen LogP contribution in [0.1, 0.15) is 58.1 Å². The lowest BCUT2D eigenvalue weighted by molar-refractivity contribution is 0.166. The van der Waals surface area contributed by atoms with Gasteiger partial charge in [-0.1, -0.05) is 13.3 Å². The van der Waals surface area contributed by atoms with Gasteiger partial charge in [-0.3, -0.25) is 0 Å². The van der Waals surface area contributed by atoms with E-state index in [1.165, 1.54) is 0 Å². The van der Waals surface area contributed by atoms with E-state index in [1.807, 2.05) is 32.3 Å². The van der Waals surface area contributed by atoms with Gasteiger partial charge in [0.15, 0.2) is 0 Å². The van der Waals surface area contributed by atoms with E-state index in [9.17, 15) is 5.11 Å². The summed E-state index contributed by atoms with van der Waals surface area (Å²) in [7, 11) is 0. The summed E-state index contributed by atoms with van der Waals surface area (Å²) < 4.78 is 2.10. The van der Waals surface area contributed by atoms with E-state index in [0.29, 0.717) is 0 Å². The second-order valence-corrected chi connectivity index (χ2v) is 5.59. The van der Waals surface area contributed by atoms with Crippen molar-refractivity contribution in [1.82, 2.24) is 4.57 Å². The molecule has 0 saturated heterocycles. The summed E-state index contributed by atoms with van der Waals surface area (Å²) in [6.07, 6.45) is 7.36. The van der Waals surface area contributed by atoms with E-state index in [4.69, 9.17) is 5.26 Å². The Hall–Kier alpha value is -1.27. The van der Waals surface area contributed by atoms with Crippen molar-refractivity contribution in [3.63, 3.8) is 0 Å². The van der Waals surface area contributed by atoms with Crippen LogP contribution in [0.25, 0.3) is 0 Å². The molecule has 0 aliphatic heterocycles. The zero-order valence-corrected chi connectivity index (χ0v) is 11.7. The Morgan fingerprint density at radius 2 is 2.22 bits per heavy atom. The van der Waals surface area contributed by atoms with Crippen LogP contribution in [0.2, 0.25) is 0 Å². The SMILES string of the molecule is CCCC(O)c1ccn(CCCC(C)(C)C#N)c1. The molecule has 1 unspecified atom stereocenters. The van der Waals surface area contributed by atoms with Crippen LogP contribution in [-0.2, 0) is 6.54 Å². The van der Waals surface area contributed by atoms with E-state index < -0.39 is 0 Å². The highest BCUT2D eigenvalue weighted by Gasteiger charge is 2.15. The first-order valence-electron chi connectivity index (χ1n) is 6.73. The molecule has 0 fully saturated rings. The van der Waals surface area contributed by atoms with E-state index in [0.717, 1.165) is 37.8 Å². The fourth-order valence-electron chi connectivity index (χ4n) is 2.00. The number of aliphatic hydroxyl groups is 1. The minimum atomic E-state index is -0.341. The third kappa shape index (κ3) is 4.54. The fourth-order valence-corrected chi connectivity index (χ4v) is 2.00. The third-order valence-electron chi connectivity index (χ3n) is 3.24. The van der Waals surface area contributed by atoms with Crippen molar-refractivity contribution in [3.8, 4) is 6.07 Å². The highest BCUT2D eigenvalue weighted by Crippen LogP contribution is 2.22. The number of nitriles is 1. The second-order valence-electron chi connectivity index (χ2n) is 5.59. The van der Waals surface area contributed by atoms with Crippen LogP contribution in [0.15, 0.2) is 18.5 Å². The van der Waals surface area contributed by atoms with Crippen molar-refractivity contribution in [2.45, 2.75) is 59.1 Å². The molecule has 18 heavy (non-hydrogen) atoms. The number of hydrogen-bond acceptors (Lipinski definition) is 2. The topological polar surface area (TPSA) is 49.0 Å². The Morgan fingerprint density at radius 1 is 1.50 bits per heavy atom. The Bertz CT molecular complexity index is 401. The third-order valence-corrected chi connectivity index (χ3v) is 3.24. The molecule has 0 aliphatic carbocycles. The van der Waals surface area contributed by atoms with Crippen LogP contribution in [0, 0.1) is 16.7 Å². The molecule has 1 rings (SSSR count). The van der Waals surface area contributed by atoms with Gasteiger partial charge < -0.3 is 9.67 Å². The summed E-state index contributed by atoms with van der Waals surface area (Å²) in [6.45, 7) is 6.92. The first kappa shape index (κ1) is 14.8. The summed E-state index contributed by atoms with van der Waals surface area (Å²) in [5.74, 6) is 0. The molecular formula is C15H24N2O.